The fourth-order valence-electron chi connectivity index (χ4n) is 3.86. The van der Waals surface area contributed by atoms with Gasteiger partial charge in [-0.25, -0.2) is 4.98 Å². The number of aryl methyl sites for hydroxylation is 2. The molecule has 0 spiro atoms. The van der Waals surface area contributed by atoms with Crippen molar-refractivity contribution in [3.05, 3.63) is 51.7 Å². The average Bonchev–Trinajstić information content (AvgIpc) is 3.13. The summed E-state index contributed by atoms with van der Waals surface area (Å²) in [6.45, 7) is 5.48. The largest absolute Gasteiger partial charge is 0.496 e. The Kier molecular flexibility index (Phi) is 4.83. The molecule has 0 saturated carbocycles. The van der Waals surface area contributed by atoms with Gasteiger partial charge in [-0.1, -0.05) is 0 Å². The number of carbonyl (C=O) groups excluding carboxylic acids is 1. The molecule has 6 heteroatoms. The maximum atomic E-state index is 12.9. The molecule has 140 valence electrons. The Morgan fingerprint density at radius 1 is 1.30 bits per heavy atom. The first-order valence-corrected chi connectivity index (χ1v) is 10.1. The van der Waals surface area contributed by atoms with Gasteiger partial charge in [-0.3, -0.25) is 9.78 Å². The normalized spacial score (nSPS) is 17.3. The van der Waals surface area contributed by atoms with E-state index in [0.29, 0.717) is 6.54 Å². The van der Waals surface area contributed by atoms with E-state index in [1.807, 2.05) is 30.2 Å². The Bertz CT molecular complexity index is 998. The highest BCUT2D eigenvalue weighted by Crippen LogP contribution is 2.32. The molecule has 1 amide bonds. The van der Waals surface area contributed by atoms with Crippen molar-refractivity contribution in [1.82, 2.24) is 14.9 Å². The Morgan fingerprint density at radius 3 is 2.89 bits per heavy atom. The third-order valence-electron chi connectivity index (χ3n) is 5.43. The van der Waals surface area contributed by atoms with Gasteiger partial charge in [0.25, 0.3) is 5.91 Å². The molecular weight excluding hydrogens is 358 g/mol. The molecule has 1 aliphatic rings. The predicted octanol–water partition coefficient (Wildman–Crippen LogP) is 4.34. The van der Waals surface area contributed by atoms with Gasteiger partial charge in [-0.2, -0.15) is 0 Å². The fourth-order valence-corrected chi connectivity index (χ4v) is 4.63. The predicted molar refractivity (Wildman–Crippen MR) is 108 cm³/mol. The quantitative estimate of drug-likeness (QED) is 0.677. The fraction of sp³-hybridized carbons (Fsp3) is 0.381. The number of likely N-dealkylation sites (tertiary alicyclic amines) is 1. The van der Waals surface area contributed by atoms with E-state index in [9.17, 15) is 4.79 Å². The smallest absolute Gasteiger partial charge is 0.265 e. The van der Waals surface area contributed by atoms with Crippen molar-refractivity contribution in [1.29, 1.82) is 0 Å². The number of aromatic nitrogens is 2. The molecular formula is C21H23N3O2S. The second-order valence-electron chi connectivity index (χ2n) is 7.08. The van der Waals surface area contributed by atoms with Crippen LogP contribution in [0.1, 0.15) is 45.4 Å². The number of fused-ring (bicyclic) bond motifs is 1. The summed E-state index contributed by atoms with van der Waals surface area (Å²) < 4.78 is 5.46. The monoisotopic (exact) mass is 381 g/mol. The molecule has 1 atom stereocenters. The van der Waals surface area contributed by atoms with Crippen molar-refractivity contribution < 1.29 is 9.53 Å². The van der Waals surface area contributed by atoms with Crippen LogP contribution in [0.15, 0.2) is 29.9 Å². The van der Waals surface area contributed by atoms with E-state index >= 15 is 0 Å². The highest BCUT2D eigenvalue weighted by atomic mass is 32.1. The van der Waals surface area contributed by atoms with Gasteiger partial charge < -0.3 is 9.64 Å². The third-order valence-corrected chi connectivity index (χ3v) is 6.35. The topological polar surface area (TPSA) is 55.3 Å². The number of methoxy groups -OCH3 is 1. The van der Waals surface area contributed by atoms with Gasteiger partial charge in [0.05, 0.1) is 18.3 Å². The van der Waals surface area contributed by atoms with Crippen LogP contribution in [0.2, 0.25) is 0 Å². The highest BCUT2D eigenvalue weighted by Gasteiger charge is 2.28. The lowest BCUT2D eigenvalue weighted by Crippen LogP contribution is -2.39. The summed E-state index contributed by atoms with van der Waals surface area (Å²) in [6, 6.07) is 6.20. The maximum Gasteiger partial charge on any atom is 0.265 e. The van der Waals surface area contributed by atoms with Gasteiger partial charge in [-0.15, -0.1) is 11.3 Å². The first kappa shape index (κ1) is 17.9. The molecule has 5 nitrogen and oxygen atoms in total. The number of hydrogen-bond acceptors (Lipinski definition) is 5. The van der Waals surface area contributed by atoms with Crippen LogP contribution in [0.4, 0.5) is 0 Å². The van der Waals surface area contributed by atoms with Crippen molar-refractivity contribution in [2.75, 3.05) is 20.2 Å². The van der Waals surface area contributed by atoms with Crippen LogP contribution in [0.25, 0.3) is 10.8 Å². The van der Waals surface area contributed by atoms with E-state index in [2.05, 4.69) is 18.0 Å². The highest BCUT2D eigenvalue weighted by molar-refractivity contribution is 7.11. The van der Waals surface area contributed by atoms with E-state index in [1.165, 1.54) is 16.7 Å². The number of pyridine rings is 1. The molecule has 0 aliphatic carbocycles. The Morgan fingerprint density at radius 2 is 2.15 bits per heavy atom. The van der Waals surface area contributed by atoms with E-state index in [1.54, 1.807) is 12.6 Å². The zero-order valence-electron chi connectivity index (χ0n) is 15.9. The minimum absolute atomic E-state index is 0.0957. The minimum Gasteiger partial charge on any atom is -0.496 e. The molecule has 0 bridgehead atoms. The number of amides is 1. The van der Waals surface area contributed by atoms with Gasteiger partial charge in [0, 0.05) is 36.3 Å². The second kappa shape index (κ2) is 7.27. The van der Waals surface area contributed by atoms with Gasteiger partial charge >= 0.3 is 0 Å². The van der Waals surface area contributed by atoms with Gasteiger partial charge in [0.1, 0.15) is 10.6 Å². The van der Waals surface area contributed by atoms with E-state index in [-0.39, 0.29) is 11.8 Å². The summed E-state index contributed by atoms with van der Waals surface area (Å²) in [5.74, 6) is 1.24. The summed E-state index contributed by atoms with van der Waals surface area (Å²) >= 11 is 1.42. The number of hydrogen-bond donors (Lipinski definition) is 0. The molecule has 0 radical (unpaired) electrons. The molecule has 4 rings (SSSR count). The van der Waals surface area contributed by atoms with Gasteiger partial charge in [0.15, 0.2) is 0 Å². The van der Waals surface area contributed by atoms with Gasteiger partial charge in [0.2, 0.25) is 0 Å². The lowest BCUT2D eigenvalue weighted by Gasteiger charge is -2.32. The van der Waals surface area contributed by atoms with E-state index < -0.39 is 0 Å². The summed E-state index contributed by atoms with van der Waals surface area (Å²) in [7, 11) is 1.70. The standard InChI is InChI=1S/C21H23N3O2S/c1-13-17-9-18(22-10-15(17)6-7-19(13)26-3)16-5-4-8-24(11-16)21(25)20-14(2)23-12-27-20/h6-7,9-10,12,16H,4-5,8,11H2,1-3H3/t16-/m0/s1. The minimum atomic E-state index is 0.0957. The Labute approximate surface area is 163 Å². The molecule has 0 unspecified atom stereocenters. The van der Waals surface area contributed by atoms with Crippen LogP contribution in [0, 0.1) is 13.8 Å². The number of piperidine rings is 1. The molecule has 1 fully saturated rings. The zero-order valence-corrected chi connectivity index (χ0v) is 16.7. The van der Waals surface area contributed by atoms with Crippen molar-refractivity contribution >= 4 is 28.0 Å². The lowest BCUT2D eigenvalue weighted by atomic mass is 9.92. The Balaban J connectivity index is 1.62. The summed E-state index contributed by atoms with van der Waals surface area (Å²) in [4.78, 5) is 24.5. The van der Waals surface area contributed by atoms with Crippen molar-refractivity contribution in [2.45, 2.75) is 32.6 Å². The number of carbonyl (C=O) groups is 1. The van der Waals surface area contributed by atoms with Gasteiger partial charge in [-0.05, 0) is 55.8 Å². The molecule has 2 aromatic heterocycles. The van der Waals surface area contributed by atoms with Crippen LogP contribution in [0.5, 0.6) is 5.75 Å². The SMILES string of the molecule is COc1ccc2cnc([C@H]3CCCN(C(=O)c4scnc4C)C3)cc2c1C. The molecule has 1 aromatic carbocycles. The second-order valence-corrected chi connectivity index (χ2v) is 7.94. The van der Waals surface area contributed by atoms with E-state index in [4.69, 9.17) is 9.72 Å². The van der Waals surface area contributed by atoms with Crippen LogP contribution < -0.4 is 4.74 Å². The van der Waals surface area contributed by atoms with Crippen LogP contribution in [-0.4, -0.2) is 41.0 Å². The molecule has 1 aliphatic heterocycles. The zero-order chi connectivity index (χ0) is 19.0. The summed E-state index contributed by atoms with van der Waals surface area (Å²) in [6.07, 6.45) is 3.98. The average molecular weight is 382 g/mol. The number of rotatable bonds is 3. The molecule has 27 heavy (non-hydrogen) atoms. The number of benzene rings is 1. The molecule has 0 N–H and O–H groups in total. The Hall–Kier alpha value is -2.47. The van der Waals surface area contributed by atoms with Crippen molar-refractivity contribution in [2.24, 2.45) is 0 Å². The van der Waals surface area contributed by atoms with Crippen molar-refractivity contribution in [3.63, 3.8) is 0 Å². The molecule has 3 heterocycles. The van der Waals surface area contributed by atoms with E-state index in [0.717, 1.165) is 52.4 Å². The first-order valence-electron chi connectivity index (χ1n) is 9.21. The molecule has 3 aromatic rings. The van der Waals surface area contributed by atoms with Crippen molar-refractivity contribution in [3.8, 4) is 5.75 Å². The number of thiazole rings is 1. The molecule has 1 saturated heterocycles. The maximum absolute atomic E-state index is 12.9. The van der Waals surface area contributed by atoms with Crippen LogP contribution >= 0.6 is 11.3 Å². The summed E-state index contributed by atoms with van der Waals surface area (Å²) in [5.41, 5.74) is 4.74. The lowest BCUT2D eigenvalue weighted by molar-refractivity contribution is 0.0710. The van der Waals surface area contributed by atoms with Crippen LogP contribution in [0.3, 0.4) is 0 Å². The summed E-state index contributed by atoms with van der Waals surface area (Å²) in [5, 5.41) is 2.28. The third kappa shape index (κ3) is 3.30. The number of nitrogens with zero attached hydrogens (tertiary/aromatic N) is 3. The first-order chi connectivity index (χ1) is 13.1. The number of ether oxygens (including phenoxy) is 1. The van der Waals surface area contributed by atoms with Crippen LogP contribution in [-0.2, 0) is 0 Å².